The van der Waals surface area contributed by atoms with Crippen molar-refractivity contribution >= 4 is 34.8 Å². The van der Waals surface area contributed by atoms with Crippen LogP contribution in [0, 0.1) is 0 Å². The van der Waals surface area contributed by atoms with E-state index < -0.39 is 0 Å². The SMILES string of the molecule is O=C1CCC=C2c3cc(Cl)ccc3[C@H](c3ccc(Cl)cc3)N12. The third-order valence-corrected chi connectivity index (χ3v) is 4.74. The Hall–Kier alpha value is -1.77. The zero-order valence-electron chi connectivity index (χ0n) is 11.7. The summed E-state index contributed by atoms with van der Waals surface area (Å²) in [5.74, 6) is 0.157. The van der Waals surface area contributed by atoms with Gasteiger partial charge in [0.1, 0.15) is 0 Å². The minimum atomic E-state index is -0.0939. The molecule has 0 bridgehead atoms. The lowest BCUT2D eigenvalue weighted by molar-refractivity contribution is -0.129. The van der Waals surface area contributed by atoms with Gasteiger partial charge >= 0.3 is 0 Å². The number of carbonyl (C=O) groups excluding carboxylic acids is 1. The van der Waals surface area contributed by atoms with Crippen molar-refractivity contribution in [3.8, 4) is 0 Å². The molecule has 22 heavy (non-hydrogen) atoms. The van der Waals surface area contributed by atoms with E-state index in [-0.39, 0.29) is 11.9 Å². The van der Waals surface area contributed by atoms with Crippen molar-refractivity contribution < 1.29 is 4.79 Å². The quantitative estimate of drug-likeness (QED) is 0.716. The summed E-state index contributed by atoms with van der Waals surface area (Å²) in [6, 6.07) is 13.4. The average Bonchev–Trinajstić information content (AvgIpc) is 2.83. The van der Waals surface area contributed by atoms with Gasteiger partial charge in [-0.2, -0.15) is 0 Å². The minimum Gasteiger partial charge on any atom is -0.300 e. The lowest BCUT2D eigenvalue weighted by Gasteiger charge is -2.29. The van der Waals surface area contributed by atoms with Gasteiger partial charge in [0.15, 0.2) is 0 Å². The van der Waals surface area contributed by atoms with E-state index in [1.807, 2.05) is 47.4 Å². The van der Waals surface area contributed by atoms with Crippen molar-refractivity contribution in [2.45, 2.75) is 18.9 Å². The molecule has 0 aromatic heterocycles. The van der Waals surface area contributed by atoms with Crippen LogP contribution in [0.15, 0.2) is 48.5 Å². The summed E-state index contributed by atoms with van der Waals surface area (Å²) in [5, 5.41) is 1.38. The van der Waals surface area contributed by atoms with Crippen LogP contribution in [0.3, 0.4) is 0 Å². The summed E-state index contributed by atoms with van der Waals surface area (Å²) in [6.07, 6.45) is 3.46. The fourth-order valence-electron chi connectivity index (χ4n) is 3.31. The molecule has 0 unspecified atom stereocenters. The van der Waals surface area contributed by atoms with Crippen molar-refractivity contribution in [3.63, 3.8) is 0 Å². The number of rotatable bonds is 1. The third kappa shape index (κ3) is 2.06. The lowest BCUT2D eigenvalue weighted by Crippen LogP contribution is -2.31. The Bertz CT molecular complexity index is 795. The monoisotopic (exact) mass is 329 g/mol. The van der Waals surface area contributed by atoms with E-state index in [0.717, 1.165) is 28.8 Å². The second-order valence-corrected chi connectivity index (χ2v) is 6.45. The van der Waals surface area contributed by atoms with Crippen molar-refractivity contribution in [2.24, 2.45) is 0 Å². The maximum atomic E-state index is 12.5. The van der Waals surface area contributed by atoms with Gasteiger partial charge in [-0.15, -0.1) is 0 Å². The fraction of sp³-hybridized carbons (Fsp3) is 0.167. The van der Waals surface area contributed by atoms with E-state index >= 15 is 0 Å². The Morgan fingerprint density at radius 1 is 1.00 bits per heavy atom. The van der Waals surface area contributed by atoms with Crippen molar-refractivity contribution in [1.29, 1.82) is 0 Å². The number of hydrogen-bond acceptors (Lipinski definition) is 1. The maximum Gasteiger partial charge on any atom is 0.228 e. The number of halogens is 2. The summed E-state index contributed by atoms with van der Waals surface area (Å²) in [4.78, 5) is 14.4. The van der Waals surface area contributed by atoms with Gasteiger partial charge in [-0.3, -0.25) is 4.79 Å². The molecule has 0 radical (unpaired) electrons. The van der Waals surface area contributed by atoms with Crippen molar-refractivity contribution in [1.82, 2.24) is 4.90 Å². The predicted molar refractivity (Wildman–Crippen MR) is 88.8 cm³/mol. The number of carbonyl (C=O) groups is 1. The molecule has 2 aromatic carbocycles. The Kier molecular flexibility index (Phi) is 3.24. The molecule has 0 N–H and O–H groups in total. The first-order valence-corrected chi connectivity index (χ1v) is 7.98. The topological polar surface area (TPSA) is 20.3 Å². The number of nitrogens with zero attached hydrogens (tertiary/aromatic N) is 1. The Morgan fingerprint density at radius 3 is 2.50 bits per heavy atom. The second-order valence-electron chi connectivity index (χ2n) is 5.58. The van der Waals surface area contributed by atoms with Crippen molar-refractivity contribution in [3.05, 3.63) is 75.3 Å². The summed E-state index contributed by atoms with van der Waals surface area (Å²) in [7, 11) is 0. The molecule has 1 amide bonds. The lowest BCUT2D eigenvalue weighted by atomic mass is 9.98. The van der Waals surface area contributed by atoms with E-state index in [9.17, 15) is 4.79 Å². The molecule has 2 nitrogen and oxygen atoms in total. The maximum absolute atomic E-state index is 12.5. The Labute approximate surface area is 139 Å². The molecule has 110 valence electrons. The standard InChI is InChI=1S/C18H13Cl2NO/c19-12-6-4-11(5-7-12)18-14-9-8-13(20)10-15(14)16-2-1-3-17(22)21(16)18/h2,4-10,18H,1,3H2/t18-/m0/s1. The molecule has 2 aromatic rings. The third-order valence-electron chi connectivity index (χ3n) is 4.25. The van der Waals surface area contributed by atoms with Crippen molar-refractivity contribution in [2.75, 3.05) is 0 Å². The Balaban J connectivity index is 1.93. The van der Waals surface area contributed by atoms with E-state index in [1.54, 1.807) is 0 Å². The molecule has 4 rings (SSSR count). The first-order valence-electron chi connectivity index (χ1n) is 7.22. The molecule has 4 heteroatoms. The molecule has 0 fully saturated rings. The second kappa shape index (κ2) is 5.15. The van der Waals surface area contributed by atoms with E-state index in [1.165, 1.54) is 0 Å². The minimum absolute atomic E-state index is 0.0939. The van der Waals surface area contributed by atoms with Crippen LogP contribution < -0.4 is 0 Å². The highest BCUT2D eigenvalue weighted by atomic mass is 35.5. The van der Waals surface area contributed by atoms with Gasteiger partial charge in [0.25, 0.3) is 0 Å². The first-order chi connectivity index (χ1) is 10.6. The molecule has 0 aliphatic carbocycles. The van der Waals surface area contributed by atoms with Crippen LogP contribution in [0.25, 0.3) is 5.70 Å². The van der Waals surface area contributed by atoms with Crippen LogP contribution in [-0.2, 0) is 4.79 Å². The molecule has 2 heterocycles. The van der Waals surface area contributed by atoms with Crippen LogP contribution in [-0.4, -0.2) is 10.8 Å². The number of amides is 1. The van der Waals surface area contributed by atoms with Gasteiger partial charge in [0, 0.05) is 27.7 Å². The van der Waals surface area contributed by atoms with E-state index in [4.69, 9.17) is 23.2 Å². The van der Waals surface area contributed by atoms with Gasteiger partial charge in [-0.05, 0) is 41.8 Å². The highest BCUT2D eigenvalue weighted by molar-refractivity contribution is 6.31. The van der Waals surface area contributed by atoms with Crippen LogP contribution in [0.1, 0.15) is 35.6 Å². The van der Waals surface area contributed by atoms with E-state index in [0.29, 0.717) is 16.5 Å². The van der Waals surface area contributed by atoms with Gasteiger partial charge in [0.2, 0.25) is 5.91 Å². The van der Waals surface area contributed by atoms with E-state index in [2.05, 4.69) is 6.08 Å². The van der Waals surface area contributed by atoms with Crippen LogP contribution in [0.5, 0.6) is 0 Å². The predicted octanol–water partition coefficient (Wildman–Crippen LogP) is 5.06. The van der Waals surface area contributed by atoms with Gasteiger partial charge < -0.3 is 4.90 Å². The highest BCUT2D eigenvalue weighted by Gasteiger charge is 2.39. The number of benzene rings is 2. The molecular formula is C18H13Cl2NO. The molecule has 2 aliphatic heterocycles. The summed E-state index contributed by atoms with van der Waals surface area (Å²) < 4.78 is 0. The van der Waals surface area contributed by atoms with Gasteiger partial charge in [-0.1, -0.05) is 47.5 Å². The largest absolute Gasteiger partial charge is 0.300 e. The molecule has 0 saturated heterocycles. The first kappa shape index (κ1) is 13.9. The smallest absolute Gasteiger partial charge is 0.228 e. The molecule has 0 spiro atoms. The summed E-state index contributed by atoms with van der Waals surface area (Å²) >= 11 is 12.2. The molecule has 0 saturated carbocycles. The van der Waals surface area contributed by atoms with Crippen LogP contribution >= 0.6 is 23.2 Å². The van der Waals surface area contributed by atoms with Crippen LogP contribution in [0.4, 0.5) is 0 Å². The number of allylic oxidation sites excluding steroid dienone is 1. The molecule has 2 aliphatic rings. The fourth-order valence-corrected chi connectivity index (χ4v) is 3.61. The zero-order chi connectivity index (χ0) is 15.3. The average molecular weight is 330 g/mol. The normalized spacial score (nSPS) is 19.7. The zero-order valence-corrected chi connectivity index (χ0v) is 13.2. The summed E-state index contributed by atoms with van der Waals surface area (Å²) in [5.41, 5.74) is 4.22. The van der Waals surface area contributed by atoms with Gasteiger partial charge in [0.05, 0.1) is 6.04 Å². The Morgan fingerprint density at radius 2 is 1.73 bits per heavy atom. The van der Waals surface area contributed by atoms with Crippen LogP contribution in [0.2, 0.25) is 10.0 Å². The molecular weight excluding hydrogens is 317 g/mol. The number of hydrogen-bond donors (Lipinski definition) is 0. The molecule has 1 atom stereocenters. The highest BCUT2D eigenvalue weighted by Crippen LogP contribution is 2.47. The summed E-state index contributed by atoms with van der Waals surface area (Å²) in [6.45, 7) is 0. The number of fused-ring (bicyclic) bond motifs is 3. The van der Waals surface area contributed by atoms with Gasteiger partial charge in [-0.25, -0.2) is 0 Å².